The van der Waals surface area contributed by atoms with Crippen molar-refractivity contribution in [3.8, 4) is 0 Å². The summed E-state index contributed by atoms with van der Waals surface area (Å²) in [5, 5.41) is 3.19. The van der Waals surface area contributed by atoms with Gasteiger partial charge in [-0.2, -0.15) is 0 Å². The van der Waals surface area contributed by atoms with Crippen molar-refractivity contribution in [2.45, 2.75) is 6.92 Å². The summed E-state index contributed by atoms with van der Waals surface area (Å²) in [5.41, 5.74) is 1.11. The lowest BCUT2D eigenvalue weighted by Crippen LogP contribution is -2.16. The molecule has 2 nitrogen and oxygen atoms in total. The van der Waals surface area contributed by atoms with E-state index in [0.29, 0.717) is 0 Å². The molecule has 0 fully saturated rings. The fourth-order valence-corrected chi connectivity index (χ4v) is 2.15. The third-order valence-corrected chi connectivity index (χ3v) is 3.04. The highest BCUT2D eigenvalue weighted by Crippen LogP contribution is 2.20. The Morgan fingerprint density at radius 1 is 1.50 bits per heavy atom. The van der Waals surface area contributed by atoms with E-state index in [9.17, 15) is 4.79 Å². The number of aromatic nitrogens is 1. The van der Waals surface area contributed by atoms with E-state index < -0.39 is 0 Å². The molecule has 0 spiro atoms. The van der Waals surface area contributed by atoms with Gasteiger partial charge in [-0.1, -0.05) is 0 Å². The fraction of sp³-hybridized carbons (Fsp3) is 0.222. The van der Waals surface area contributed by atoms with Crippen LogP contribution in [-0.2, 0) is 7.05 Å². The summed E-state index contributed by atoms with van der Waals surface area (Å²) < 4.78 is 2.75. The van der Waals surface area contributed by atoms with Crippen molar-refractivity contribution in [3.63, 3.8) is 0 Å². The normalized spacial score (nSPS) is 10.8. The number of thiophene rings is 1. The third-order valence-electron chi connectivity index (χ3n) is 2.17. The second kappa shape index (κ2) is 2.45. The van der Waals surface area contributed by atoms with E-state index >= 15 is 0 Å². The van der Waals surface area contributed by atoms with Crippen molar-refractivity contribution >= 4 is 21.4 Å². The summed E-state index contributed by atoms with van der Waals surface area (Å²) in [6.45, 7) is 1.97. The molecule has 0 saturated heterocycles. The fourth-order valence-electron chi connectivity index (χ4n) is 1.29. The van der Waals surface area contributed by atoms with E-state index in [1.54, 1.807) is 29.0 Å². The molecule has 0 aliphatic heterocycles. The lowest BCUT2D eigenvalue weighted by Gasteiger charge is -2.02. The van der Waals surface area contributed by atoms with Crippen molar-refractivity contribution in [1.29, 1.82) is 0 Å². The van der Waals surface area contributed by atoms with Crippen LogP contribution in [0.2, 0.25) is 0 Å². The van der Waals surface area contributed by atoms with E-state index in [0.717, 1.165) is 10.4 Å². The highest BCUT2D eigenvalue weighted by molar-refractivity contribution is 7.17. The molecule has 2 aromatic heterocycles. The molecule has 0 N–H and O–H groups in total. The summed E-state index contributed by atoms with van der Waals surface area (Å²) in [5.74, 6) is 0. The zero-order valence-corrected chi connectivity index (χ0v) is 7.81. The van der Waals surface area contributed by atoms with Crippen molar-refractivity contribution in [2.24, 2.45) is 7.05 Å². The molecule has 0 atom stereocenters. The number of hydrogen-bond donors (Lipinski definition) is 0. The van der Waals surface area contributed by atoms with Crippen LogP contribution in [-0.4, -0.2) is 4.57 Å². The Hall–Kier alpha value is -1.09. The molecule has 2 heterocycles. The molecule has 0 aromatic carbocycles. The second-order valence-electron chi connectivity index (χ2n) is 2.83. The third kappa shape index (κ3) is 0.898. The van der Waals surface area contributed by atoms with E-state index in [1.807, 2.05) is 12.3 Å². The number of fused-ring (bicyclic) bond motifs is 1. The van der Waals surface area contributed by atoms with Gasteiger partial charge in [0.05, 0.1) is 0 Å². The van der Waals surface area contributed by atoms with Crippen molar-refractivity contribution < 1.29 is 0 Å². The molecule has 0 aliphatic rings. The first-order valence-electron chi connectivity index (χ1n) is 3.74. The molecule has 2 aromatic rings. The Kier molecular flexibility index (Phi) is 1.54. The summed E-state index contributed by atoms with van der Waals surface area (Å²) in [6.07, 6.45) is 0. The molecular formula is C9H9NOS. The topological polar surface area (TPSA) is 22.0 Å². The van der Waals surface area contributed by atoms with Gasteiger partial charge in [0.25, 0.3) is 5.56 Å². The van der Waals surface area contributed by atoms with Crippen LogP contribution in [0.4, 0.5) is 0 Å². The van der Waals surface area contributed by atoms with Gasteiger partial charge in [0.1, 0.15) is 0 Å². The van der Waals surface area contributed by atoms with Crippen LogP contribution in [0, 0.1) is 6.92 Å². The first kappa shape index (κ1) is 7.55. The van der Waals surface area contributed by atoms with Crippen LogP contribution in [0.25, 0.3) is 10.1 Å². The molecule has 0 aliphatic carbocycles. The lowest BCUT2D eigenvalue weighted by atomic mass is 10.2. The predicted molar refractivity (Wildman–Crippen MR) is 51.8 cm³/mol. The minimum absolute atomic E-state index is 0.0717. The van der Waals surface area contributed by atoms with Gasteiger partial charge in [-0.3, -0.25) is 4.79 Å². The number of rotatable bonds is 0. The molecule has 0 radical (unpaired) electrons. The summed E-state index contributed by atoms with van der Waals surface area (Å²) in [4.78, 5) is 11.3. The van der Waals surface area contributed by atoms with E-state index in [2.05, 4.69) is 6.07 Å². The second-order valence-corrected chi connectivity index (χ2v) is 3.77. The van der Waals surface area contributed by atoms with Crippen LogP contribution < -0.4 is 5.56 Å². The van der Waals surface area contributed by atoms with Crippen LogP contribution in [0.15, 0.2) is 22.3 Å². The Morgan fingerprint density at radius 2 is 2.25 bits per heavy atom. The average Bonchev–Trinajstić information content (AvgIpc) is 2.48. The van der Waals surface area contributed by atoms with E-state index in [-0.39, 0.29) is 5.56 Å². The molecule has 0 amide bonds. The number of aryl methyl sites for hydroxylation is 1. The Balaban J connectivity index is 3.04. The standard InChI is InChI=1S/C9H9NOS/c1-6-7-3-4-12-8(7)5-9(11)10(6)2/h3-5H,1-2H3. The van der Waals surface area contributed by atoms with Gasteiger partial charge in [0, 0.05) is 28.9 Å². The average molecular weight is 179 g/mol. The lowest BCUT2D eigenvalue weighted by molar-refractivity contribution is 0.831. The van der Waals surface area contributed by atoms with Crippen LogP contribution in [0.3, 0.4) is 0 Å². The Labute approximate surface area is 74.1 Å². The number of hydrogen-bond acceptors (Lipinski definition) is 2. The monoisotopic (exact) mass is 179 g/mol. The van der Waals surface area contributed by atoms with Crippen LogP contribution in [0.1, 0.15) is 5.69 Å². The maximum Gasteiger partial charge on any atom is 0.251 e. The largest absolute Gasteiger partial charge is 0.315 e. The molecule has 0 bridgehead atoms. The number of pyridine rings is 1. The van der Waals surface area contributed by atoms with E-state index in [1.165, 1.54) is 5.39 Å². The van der Waals surface area contributed by atoms with Gasteiger partial charge in [0.2, 0.25) is 0 Å². The molecule has 62 valence electrons. The Morgan fingerprint density at radius 3 is 3.00 bits per heavy atom. The van der Waals surface area contributed by atoms with Crippen molar-refractivity contribution in [2.75, 3.05) is 0 Å². The Bertz CT molecular complexity index is 481. The zero-order valence-electron chi connectivity index (χ0n) is 7.00. The maximum absolute atomic E-state index is 11.3. The van der Waals surface area contributed by atoms with Crippen molar-refractivity contribution in [3.05, 3.63) is 33.6 Å². The zero-order chi connectivity index (χ0) is 8.72. The highest BCUT2D eigenvalue weighted by Gasteiger charge is 2.02. The van der Waals surface area contributed by atoms with Gasteiger partial charge in [-0.15, -0.1) is 11.3 Å². The van der Waals surface area contributed by atoms with E-state index in [4.69, 9.17) is 0 Å². The highest BCUT2D eigenvalue weighted by atomic mass is 32.1. The first-order chi connectivity index (χ1) is 5.70. The predicted octanol–water partition coefficient (Wildman–Crippen LogP) is 1.91. The van der Waals surface area contributed by atoms with Gasteiger partial charge < -0.3 is 4.57 Å². The molecule has 3 heteroatoms. The molecule has 2 rings (SSSR count). The summed E-state index contributed by atoms with van der Waals surface area (Å²) >= 11 is 1.61. The molecule has 12 heavy (non-hydrogen) atoms. The summed E-state index contributed by atoms with van der Waals surface area (Å²) in [7, 11) is 1.80. The first-order valence-corrected chi connectivity index (χ1v) is 4.62. The molecule has 0 unspecified atom stereocenters. The molecule has 0 saturated carbocycles. The minimum Gasteiger partial charge on any atom is -0.315 e. The smallest absolute Gasteiger partial charge is 0.251 e. The van der Waals surface area contributed by atoms with Crippen LogP contribution in [0.5, 0.6) is 0 Å². The summed E-state index contributed by atoms with van der Waals surface area (Å²) in [6, 6.07) is 3.74. The van der Waals surface area contributed by atoms with Crippen LogP contribution >= 0.6 is 11.3 Å². The van der Waals surface area contributed by atoms with Gasteiger partial charge in [0.15, 0.2) is 0 Å². The van der Waals surface area contributed by atoms with Gasteiger partial charge in [-0.25, -0.2) is 0 Å². The maximum atomic E-state index is 11.3. The quantitative estimate of drug-likeness (QED) is 0.605. The number of nitrogens with zero attached hydrogens (tertiary/aromatic N) is 1. The minimum atomic E-state index is 0.0717. The molecular weight excluding hydrogens is 170 g/mol. The van der Waals surface area contributed by atoms with Gasteiger partial charge in [-0.05, 0) is 18.4 Å². The van der Waals surface area contributed by atoms with Gasteiger partial charge >= 0.3 is 0 Å². The SMILES string of the molecule is Cc1c2ccsc2cc(=O)n1C. The van der Waals surface area contributed by atoms with Crippen molar-refractivity contribution in [1.82, 2.24) is 4.57 Å².